The number of benzene rings is 2. The number of piperidine rings is 1. The predicted octanol–water partition coefficient (Wildman–Crippen LogP) is 2.45. The van der Waals surface area contributed by atoms with Crippen molar-refractivity contribution in [3.63, 3.8) is 0 Å². The summed E-state index contributed by atoms with van der Waals surface area (Å²) < 4.78 is 35.4. The van der Waals surface area contributed by atoms with Gasteiger partial charge in [0.05, 0.1) is 11.5 Å². The molecule has 0 aliphatic carbocycles. The molecule has 2 aliphatic rings. The van der Waals surface area contributed by atoms with Crippen LogP contribution in [0.25, 0.3) is 0 Å². The first-order valence-corrected chi connectivity index (χ1v) is 11.8. The molecule has 1 fully saturated rings. The summed E-state index contributed by atoms with van der Waals surface area (Å²) in [5, 5.41) is 4.42. The molecule has 1 atom stereocenters. The smallest absolute Gasteiger partial charge is 0.350 e. The number of halogens is 2. The quantitative estimate of drug-likeness (QED) is 0.441. The van der Waals surface area contributed by atoms with Gasteiger partial charge in [-0.15, -0.1) is 0 Å². The maximum absolute atomic E-state index is 15.0. The van der Waals surface area contributed by atoms with Crippen molar-refractivity contribution < 1.29 is 32.7 Å². The Hall–Kier alpha value is -3.76. The summed E-state index contributed by atoms with van der Waals surface area (Å²) in [7, 11) is 6.22. The molecule has 0 unspecified atom stereocenters. The Morgan fingerprint density at radius 3 is 2.59 bits per heavy atom. The Kier molecular flexibility index (Phi) is 6.83. The number of amides is 4. The van der Waals surface area contributed by atoms with Gasteiger partial charge in [-0.05, 0) is 68.1 Å². The van der Waals surface area contributed by atoms with Gasteiger partial charge in [-0.2, -0.15) is 8.78 Å². The van der Waals surface area contributed by atoms with Crippen molar-refractivity contribution in [2.24, 2.45) is 0 Å². The zero-order valence-electron chi connectivity index (χ0n) is 20.7. The van der Waals surface area contributed by atoms with Gasteiger partial charge >= 0.3 is 5.92 Å². The third-order valence-electron chi connectivity index (χ3n) is 6.48. The van der Waals surface area contributed by atoms with Gasteiger partial charge in [0.2, 0.25) is 11.8 Å². The van der Waals surface area contributed by atoms with E-state index in [2.05, 4.69) is 10.6 Å². The monoisotopic (exact) mass is 509 g/mol. The highest BCUT2D eigenvalue weighted by Gasteiger charge is 2.48. The molecule has 2 N–H and O–H groups in total. The van der Waals surface area contributed by atoms with Crippen LogP contribution in [0.2, 0.25) is 0 Å². The molecule has 2 heterocycles. The minimum Gasteiger partial charge on any atom is -0.491 e. The summed E-state index contributed by atoms with van der Waals surface area (Å²) in [6, 6.07) is 8.69. The molecular weight excluding hydrogens is 483 g/mol. The van der Waals surface area contributed by atoms with Crippen LogP contribution in [0.3, 0.4) is 0 Å². The second-order valence-electron chi connectivity index (χ2n) is 9.58. The number of aryl methyl sites for hydroxylation is 1. The van der Waals surface area contributed by atoms with Crippen molar-refractivity contribution in [3.05, 3.63) is 64.2 Å². The molecule has 11 heteroatoms. The van der Waals surface area contributed by atoms with Crippen LogP contribution >= 0.6 is 0 Å². The molecule has 2 radical (unpaired) electrons. The van der Waals surface area contributed by atoms with Crippen LogP contribution in [0.1, 0.15) is 59.3 Å². The first-order chi connectivity index (χ1) is 17.3. The van der Waals surface area contributed by atoms with E-state index in [1.165, 1.54) is 42.2 Å². The molecule has 2 aromatic carbocycles. The summed E-state index contributed by atoms with van der Waals surface area (Å²) in [5.41, 5.74) is -0.533. The van der Waals surface area contributed by atoms with Crippen molar-refractivity contribution in [2.45, 2.75) is 64.2 Å². The molecule has 37 heavy (non-hydrogen) atoms. The number of fused-ring (bicyclic) bond motifs is 1. The molecule has 1 saturated heterocycles. The Morgan fingerprint density at radius 1 is 1.22 bits per heavy atom. The van der Waals surface area contributed by atoms with E-state index >= 15 is 0 Å². The molecule has 4 amide bonds. The van der Waals surface area contributed by atoms with Crippen LogP contribution in [-0.4, -0.2) is 47.9 Å². The van der Waals surface area contributed by atoms with E-state index < -0.39 is 40.6 Å². The average Bonchev–Trinajstić information content (AvgIpc) is 3.16. The first-order valence-electron chi connectivity index (χ1n) is 11.8. The van der Waals surface area contributed by atoms with E-state index in [0.29, 0.717) is 22.4 Å². The molecule has 2 aliphatic heterocycles. The number of rotatable bonds is 7. The largest absolute Gasteiger partial charge is 0.491 e. The minimum atomic E-state index is -3.78. The Balaban J connectivity index is 1.45. The van der Waals surface area contributed by atoms with Gasteiger partial charge in [-0.25, -0.2) is 0 Å². The summed E-state index contributed by atoms with van der Waals surface area (Å²) in [5.74, 6) is -6.48. The van der Waals surface area contributed by atoms with Gasteiger partial charge in [0.15, 0.2) is 0 Å². The topological polar surface area (TPSA) is 105 Å². The van der Waals surface area contributed by atoms with Gasteiger partial charge < -0.3 is 15.0 Å². The van der Waals surface area contributed by atoms with Crippen LogP contribution in [0.5, 0.6) is 5.75 Å². The summed E-state index contributed by atoms with van der Waals surface area (Å²) in [6.45, 7) is 4.93. The molecule has 4 rings (SSSR count). The molecular formula is C26H26BF2N3O5. The summed E-state index contributed by atoms with van der Waals surface area (Å²) in [6.07, 6.45) is -0.136. The molecule has 0 saturated carbocycles. The van der Waals surface area contributed by atoms with Gasteiger partial charge in [0.25, 0.3) is 11.8 Å². The lowest BCUT2D eigenvalue weighted by molar-refractivity contribution is -0.147. The van der Waals surface area contributed by atoms with Crippen LogP contribution in [-0.2, 0) is 33.4 Å². The number of carbonyl (C=O) groups excluding carboxylic acids is 4. The first kappa shape index (κ1) is 26.3. The second-order valence-corrected chi connectivity index (χ2v) is 9.58. The molecule has 192 valence electrons. The standard InChI is InChI=1S/C26H26BF2N3O5/c1-14(2)37-18-5-7-20(15(3)10-18)26(28,29)24(36)30-12-16-4-6-19-17(11-16)13-32(22(19)34)25(27)9-8-21(33)31-23(25)35/h4-7,10-11,14H,8-9,12-13H2,1-3H3,(H,30,36)(H,31,33,35)/t25-/m0/s1. The zero-order valence-corrected chi connectivity index (χ0v) is 20.7. The van der Waals surface area contributed by atoms with E-state index in [1.807, 2.05) is 13.8 Å². The van der Waals surface area contributed by atoms with Crippen molar-refractivity contribution in [1.29, 1.82) is 0 Å². The highest BCUT2D eigenvalue weighted by atomic mass is 19.3. The fourth-order valence-corrected chi connectivity index (χ4v) is 4.53. The maximum atomic E-state index is 15.0. The van der Waals surface area contributed by atoms with E-state index in [0.717, 1.165) is 0 Å². The fourth-order valence-electron chi connectivity index (χ4n) is 4.53. The van der Waals surface area contributed by atoms with E-state index in [9.17, 15) is 28.0 Å². The van der Waals surface area contributed by atoms with Crippen molar-refractivity contribution in [2.75, 3.05) is 0 Å². The van der Waals surface area contributed by atoms with Crippen LogP contribution in [0, 0.1) is 6.92 Å². The normalized spacial score (nSPS) is 19.6. The van der Waals surface area contributed by atoms with Gasteiger partial charge in [-0.3, -0.25) is 24.5 Å². The molecule has 2 aromatic rings. The lowest BCUT2D eigenvalue weighted by Gasteiger charge is -2.40. The number of imide groups is 1. The number of carbonyl (C=O) groups is 4. The average molecular weight is 509 g/mol. The lowest BCUT2D eigenvalue weighted by Crippen LogP contribution is -2.63. The molecule has 0 bridgehead atoms. The highest BCUT2D eigenvalue weighted by Crippen LogP contribution is 2.34. The van der Waals surface area contributed by atoms with E-state index in [-0.39, 0.29) is 37.6 Å². The number of alkyl halides is 2. The molecule has 0 aromatic heterocycles. The van der Waals surface area contributed by atoms with E-state index in [4.69, 9.17) is 12.6 Å². The number of nitrogens with zero attached hydrogens (tertiary/aromatic N) is 1. The highest BCUT2D eigenvalue weighted by molar-refractivity contribution is 6.32. The van der Waals surface area contributed by atoms with Crippen molar-refractivity contribution in [1.82, 2.24) is 15.5 Å². The zero-order chi connectivity index (χ0) is 27.1. The van der Waals surface area contributed by atoms with Gasteiger partial charge in [0.1, 0.15) is 13.6 Å². The van der Waals surface area contributed by atoms with E-state index in [1.54, 1.807) is 6.07 Å². The van der Waals surface area contributed by atoms with Crippen LogP contribution < -0.4 is 15.4 Å². The Labute approximate surface area is 214 Å². The molecule has 0 spiro atoms. The Bertz CT molecular complexity index is 1300. The van der Waals surface area contributed by atoms with Crippen LogP contribution in [0.15, 0.2) is 36.4 Å². The van der Waals surface area contributed by atoms with Crippen LogP contribution in [0.4, 0.5) is 8.78 Å². The summed E-state index contributed by atoms with van der Waals surface area (Å²) >= 11 is 0. The van der Waals surface area contributed by atoms with Crippen molar-refractivity contribution >= 4 is 31.5 Å². The number of ether oxygens (including phenoxy) is 1. The second kappa shape index (κ2) is 9.61. The number of nitrogens with one attached hydrogen (secondary N) is 2. The van der Waals surface area contributed by atoms with Gasteiger partial charge in [-0.1, -0.05) is 12.1 Å². The number of hydrogen-bond acceptors (Lipinski definition) is 5. The maximum Gasteiger partial charge on any atom is 0.350 e. The minimum absolute atomic E-state index is 0.000804. The lowest BCUT2D eigenvalue weighted by atomic mass is 9.70. The van der Waals surface area contributed by atoms with Gasteiger partial charge in [0, 0.05) is 30.6 Å². The third-order valence-corrected chi connectivity index (χ3v) is 6.48. The number of hydrogen-bond donors (Lipinski definition) is 2. The molecule has 8 nitrogen and oxygen atoms in total. The Morgan fingerprint density at radius 2 is 1.95 bits per heavy atom. The predicted molar refractivity (Wildman–Crippen MR) is 130 cm³/mol. The third kappa shape index (κ3) is 4.94. The summed E-state index contributed by atoms with van der Waals surface area (Å²) in [4.78, 5) is 50.4. The SMILES string of the molecule is [B][C@]1(N2Cc3cc(CNC(=O)C(F)(F)c4ccc(OC(C)C)cc4C)ccc3C2=O)CCC(=O)NC1=O. The van der Waals surface area contributed by atoms with Crippen molar-refractivity contribution in [3.8, 4) is 5.75 Å². The fraction of sp³-hybridized carbons (Fsp3) is 0.385.